The molecule has 0 heterocycles. The van der Waals surface area contributed by atoms with Crippen LogP contribution < -0.4 is 5.32 Å². The van der Waals surface area contributed by atoms with Crippen LogP contribution in [0.15, 0.2) is 18.2 Å². The van der Waals surface area contributed by atoms with Crippen molar-refractivity contribution < 1.29 is 28.9 Å². The lowest BCUT2D eigenvalue weighted by atomic mass is 10.2. The van der Waals surface area contributed by atoms with E-state index >= 15 is 0 Å². The molecule has 98 valence electrons. The highest BCUT2D eigenvalue weighted by molar-refractivity contribution is 5.97. The maximum atomic E-state index is 12.7. The van der Waals surface area contributed by atoms with Gasteiger partial charge in [-0.1, -0.05) is 0 Å². The maximum Gasteiger partial charge on any atom is 0.334 e. The highest BCUT2D eigenvalue weighted by Gasteiger charge is 2.19. The molecule has 18 heavy (non-hydrogen) atoms. The van der Waals surface area contributed by atoms with E-state index in [4.69, 9.17) is 5.11 Å². The van der Waals surface area contributed by atoms with E-state index in [0.717, 1.165) is 18.2 Å². The van der Waals surface area contributed by atoms with Crippen LogP contribution in [0.2, 0.25) is 0 Å². The molecule has 0 saturated carbocycles. The Hall–Kier alpha value is -2.15. The first-order chi connectivity index (χ1) is 8.45. The topological polar surface area (TPSA) is 95.9 Å². The molecule has 6 nitrogen and oxygen atoms in total. The second-order valence-corrected chi connectivity index (χ2v) is 3.43. The molecule has 1 rings (SSSR count). The molecule has 1 amide bonds. The van der Waals surface area contributed by atoms with Gasteiger partial charge in [0.1, 0.15) is 11.6 Å². The highest BCUT2D eigenvalue weighted by atomic mass is 19.1. The van der Waals surface area contributed by atoms with Crippen molar-refractivity contribution in [2.24, 2.45) is 0 Å². The van der Waals surface area contributed by atoms with E-state index in [1.165, 1.54) is 7.11 Å². The van der Waals surface area contributed by atoms with Crippen molar-refractivity contribution in [2.75, 3.05) is 13.7 Å². The zero-order chi connectivity index (χ0) is 13.7. The average molecular weight is 257 g/mol. The molecular weight excluding hydrogens is 245 g/mol. The predicted octanol–water partition coefficient (Wildman–Crippen LogP) is 0.361. The number of hydrogen-bond acceptors (Lipinski definition) is 4. The van der Waals surface area contributed by atoms with E-state index < -0.39 is 29.5 Å². The van der Waals surface area contributed by atoms with Crippen LogP contribution in [0.3, 0.4) is 0 Å². The van der Waals surface area contributed by atoms with Crippen LogP contribution >= 0.6 is 0 Å². The van der Waals surface area contributed by atoms with Gasteiger partial charge in [0.2, 0.25) is 0 Å². The van der Waals surface area contributed by atoms with Gasteiger partial charge in [-0.15, -0.1) is 0 Å². The van der Waals surface area contributed by atoms with Crippen LogP contribution in [0.25, 0.3) is 0 Å². The molecule has 3 N–H and O–H groups in total. The van der Waals surface area contributed by atoms with Gasteiger partial charge in [-0.2, -0.15) is 0 Å². The lowest BCUT2D eigenvalue weighted by Gasteiger charge is -2.12. The van der Waals surface area contributed by atoms with Gasteiger partial charge in [0.05, 0.1) is 12.1 Å². The highest BCUT2D eigenvalue weighted by Crippen LogP contribution is 2.17. The Kier molecular flexibility index (Phi) is 4.61. The number of amides is 1. The van der Waals surface area contributed by atoms with E-state index in [-0.39, 0.29) is 12.1 Å². The monoisotopic (exact) mass is 257 g/mol. The van der Waals surface area contributed by atoms with Crippen molar-refractivity contribution >= 4 is 11.9 Å². The standard InChI is InChI=1S/C11H12FNO5/c1-18-9(11(16)17)5-13-10(15)7-3-2-6(12)4-8(7)14/h2-4,9,14H,5H2,1H3,(H,13,15)(H,16,17). The number of benzene rings is 1. The largest absolute Gasteiger partial charge is 0.507 e. The lowest BCUT2D eigenvalue weighted by molar-refractivity contribution is -0.148. The normalized spacial score (nSPS) is 11.9. The maximum absolute atomic E-state index is 12.7. The van der Waals surface area contributed by atoms with Gasteiger partial charge in [0.25, 0.3) is 5.91 Å². The fraction of sp³-hybridized carbons (Fsp3) is 0.273. The van der Waals surface area contributed by atoms with E-state index in [9.17, 15) is 19.1 Å². The Morgan fingerprint density at radius 2 is 2.17 bits per heavy atom. The summed E-state index contributed by atoms with van der Waals surface area (Å²) < 4.78 is 17.3. The number of carbonyl (C=O) groups excluding carboxylic acids is 1. The van der Waals surface area contributed by atoms with Crippen molar-refractivity contribution in [1.82, 2.24) is 5.32 Å². The smallest absolute Gasteiger partial charge is 0.334 e. The van der Waals surface area contributed by atoms with E-state index in [1.54, 1.807) is 0 Å². The minimum Gasteiger partial charge on any atom is -0.507 e. The van der Waals surface area contributed by atoms with Crippen molar-refractivity contribution in [3.63, 3.8) is 0 Å². The number of carbonyl (C=O) groups is 2. The number of ether oxygens (including phenoxy) is 1. The summed E-state index contributed by atoms with van der Waals surface area (Å²) in [4.78, 5) is 22.2. The first-order valence-electron chi connectivity index (χ1n) is 4.98. The number of carboxylic acids is 1. The minimum atomic E-state index is -1.22. The first-order valence-corrected chi connectivity index (χ1v) is 4.98. The summed E-state index contributed by atoms with van der Waals surface area (Å²) in [7, 11) is 1.19. The fourth-order valence-corrected chi connectivity index (χ4v) is 1.25. The molecule has 1 unspecified atom stereocenters. The summed E-state index contributed by atoms with van der Waals surface area (Å²) >= 11 is 0. The SMILES string of the molecule is COC(CNC(=O)c1ccc(F)cc1O)C(=O)O. The van der Waals surface area contributed by atoms with Crippen molar-refractivity contribution in [3.05, 3.63) is 29.6 Å². The fourth-order valence-electron chi connectivity index (χ4n) is 1.25. The zero-order valence-corrected chi connectivity index (χ0v) is 9.51. The molecule has 0 aliphatic carbocycles. The number of halogens is 1. The van der Waals surface area contributed by atoms with Crippen LogP contribution in [0.5, 0.6) is 5.75 Å². The van der Waals surface area contributed by atoms with Crippen LogP contribution in [0, 0.1) is 5.82 Å². The molecule has 0 aliphatic rings. The van der Waals surface area contributed by atoms with Crippen LogP contribution in [0.4, 0.5) is 4.39 Å². The molecule has 0 saturated heterocycles. The number of methoxy groups -OCH3 is 1. The Morgan fingerprint density at radius 3 is 2.67 bits per heavy atom. The molecule has 0 fully saturated rings. The predicted molar refractivity (Wildman–Crippen MR) is 58.8 cm³/mol. The zero-order valence-electron chi connectivity index (χ0n) is 9.51. The Morgan fingerprint density at radius 1 is 1.50 bits per heavy atom. The van der Waals surface area contributed by atoms with Gasteiger partial charge in [0.15, 0.2) is 6.10 Å². The Labute approximate surface area is 102 Å². The second-order valence-electron chi connectivity index (χ2n) is 3.43. The van der Waals surface area contributed by atoms with Gasteiger partial charge in [-0.05, 0) is 12.1 Å². The second kappa shape index (κ2) is 5.97. The quantitative estimate of drug-likeness (QED) is 0.707. The van der Waals surface area contributed by atoms with Gasteiger partial charge < -0.3 is 20.3 Å². The molecule has 0 aliphatic heterocycles. The molecule has 1 aromatic rings. The summed E-state index contributed by atoms with van der Waals surface area (Å²) in [5, 5.41) is 20.3. The molecule has 0 aromatic heterocycles. The van der Waals surface area contributed by atoms with E-state index in [0.29, 0.717) is 0 Å². The number of aliphatic carboxylic acids is 1. The van der Waals surface area contributed by atoms with E-state index in [2.05, 4.69) is 10.1 Å². The van der Waals surface area contributed by atoms with Gasteiger partial charge in [-0.3, -0.25) is 4.79 Å². The molecule has 1 aromatic carbocycles. The average Bonchev–Trinajstić information content (AvgIpc) is 2.28. The number of phenols is 1. The summed E-state index contributed by atoms with van der Waals surface area (Å²) in [6.45, 7) is -0.262. The van der Waals surface area contributed by atoms with Crippen LogP contribution in [0.1, 0.15) is 10.4 Å². The van der Waals surface area contributed by atoms with Gasteiger partial charge >= 0.3 is 5.97 Å². The summed E-state index contributed by atoms with van der Waals surface area (Å²) in [6, 6.07) is 2.90. The van der Waals surface area contributed by atoms with Gasteiger partial charge in [-0.25, -0.2) is 9.18 Å². The molecule has 7 heteroatoms. The third-order valence-electron chi connectivity index (χ3n) is 2.21. The molecule has 1 atom stereocenters. The first kappa shape index (κ1) is 13.9. The van der Waals surface area contributed by atoms with E-state index in [1.807, 2.05) is 0 Å². The third-order valence-corrected chi connectivity index (χ3v) is 2.21. The Balaban J connectivity index is 2.68. The molecule has 0 radical (unpaired) electrons. The number of rotatable bonds is 5. The molecule has 0 spiro atoms. The van der Waals surface area contributed by atoms with Crippen LogP contribution in [-0.2, 0) is 9.53 Å². The molecule has 0 bridgehead atoms. The number of nitrogens with one attached hydrogen (secondary N) is 1. The Bertz CT molecular complexity index is 463. The molecular formula is C11H12FNO5. The number of aromatic hydroxyl groups is 1. The summed E-state index contributed by atoms with van der Waals surface area (Å²) in [6.07, 6.45) is -1.18. The lowest BCUT2D eigenvalue weighted by Crippen LogP contribution is -2.37. The van der Waals surface area contributed by atoms with Crippen molar-refractivity contribution in [3.8, 4) is 5.75 Å². The van der Waals surface area contributed by atoms with Gasteiger partial charge in [0, 0.05) is 13.2 Å². The minimum absolute atomic E-state index is 0.142. The summed E-state index contributed by atoms with van der Waals surface area (Å²) in [5.74, 6) is -3.13. The number of phenolic OH excluding ortho intramolecular Hbond substituents is 1. The number of hydrogen-bond donors (Lipinski definition) is 3. The van der Waals surface area contributed by atoms with Crippen LogP contribution in [-0.4, -0.2) is 41.8 Å². The number of carboxylic acid groups (broad SMARTS) is 1. The van der Waals surface area contributed by atoms with Crippen molar-refractivity contribution in [2.45, 2.75) is 6.10 Å². The van der Waals surface area contributed by atoms with Crippen molar-refractivity contribution in [1.29, 1.82) is 0 Å². The summed E-state index contributed by atoms with van der Waals surface area (Å²) in [5.41, 5.74) is -0.142. The third kappa shape index (κ3) is 3.42.